The molecule has 0 amide bonds. The van der Waals surface area contributed by atoms with E-state index in [0.29, 0.717) is 5.75 Å². The van der Waals surface area contributed by atoms with E-state index in [1.54, 1.807) is 12.1 Å². The van der Waals surface area contributed by atoms with Gasteiger partial charge in [0.1, 0.15) is 11.9 Å². The third-order valence-electron chi connectivity index (χ3n) is 7.31. The minimum atomic E-state index is -0.401. The number of ether oxygens (including phenoxy) is 2. The topological polar surface area (TPSA) is 62.8 Å². The standard InChI is InChI=1S/C30H32FN5O2/c1-37-24-10-11-28(25(31)18-24)38-23-12-16-36(17-13-23)30-29(32-22-8-5-9-22)33-27-20-35(15-14-26(27)34-30)19-21-6-3-2-4-7-21/h2-11,18,23H,12-17,19-20H2,1H3,(H,32,33). The highest BCUT2D eigenvalue weighted by molar-refractivity contribution is 5.66. The van der Waals surface area contributed by atoms with Crippen molar-refractivity contribution in [3.8, 4) is 11.5 Å². The molecule has 6 rings (SSSR count). The van der Waals surface area contributed by atoms with Crippen LogP contribution in [-0.2, 0) is 19.5 Å². The van der Waals surface area contributed by atoms with Crippen molar-refractivity contribution in [2.24, 2.45) is 0 Å². The van der Waals surface area contributed by atoms with E-state index >= 15 is 0 Å². The Labute approximate surface area is 222 Å². The van der Waals surface area contributed by atoms with Gasteiger partial charge in [-0.3, -0.25) is 4.90 Å². The maximum atomic E-state index is 14.4. The highest BCUT2D eigenvalue weighted by atomic mass is 19.1. The van der Waals surface area contributed by atoms with E-state index in [1.165, 1.54) is 18.7 Å². The molecule has 0 spiro atoms. The van der Waals surface area contributed by atoms with Crippen molar-refractivity contribution in [1.82, 2.24) is 14.9 Å². The van der Waals surface area contributed by atoms with Crippen LogP contribution >= 0.6 is 0 Å². The van der Waals surface area contributed by atoms with E-state index in [2.05, 4.69) is 45.4 Å². The van der Waals surface area contributed by atoms with Gasteiger partial charge >= 0.3 is 0 Å². The zero-order valence-electron chi connectivity index (χ0n) is 21.6. The number of halogens is 1. The maximum Gasteiger partial charge on any atom is 0.174 e. The lowest BCUT2D eigenvalue weighted by atomic mass is 10.1. The van der Waals surface area contributed by atoms with Crippen molar-refractivity contribution < 1.29 is 13.9 Å². The minimum absolute atomic E-state index is 0.0556. The summed E-state index contributed by atoms with van der Waals surface area (Å²) >= 11 is 0. The summed E-state index contributed by atoms with van der Waals surface area (Å²) in [4.78, 5) is 14.9. The number of allylic oxidation sites excluding steroid dienone is 3. The fourth-order valence-corrected chi connectivity index (χ4v) is 5.14. The second-order valence-electron chi connectivity index (χ2n) is 9.94. The molecule has 3 aliphatic rings. The first kappa shape index (κ1) is 24.4. The molecular weight excluding hydrogens is 481 g/mol. The van der Waals surface area contributed by atoms with E-state index in [4.69, 9.17) is 19.4 Å². The summed E-state index contributed by atoms with van der Waals surface area (Å²) in [5.74, 6) is 2.03. The first-order valence-electron chi connectivity index (χ1n) is 13.2. The van der Waals surface area contributed by atoms with Crippen LogP contribution in [0.15, 0.2) is 72.5 Å². The van der Waals surface area contributed by atoms with Gasteiger partial charge in [0.05, 0.1) is 18.5 Å². The Balaban J connectivity index is 1.16. The summed E-state index contributed by atoms with van der Waals surface area (Å²) in [6, 6.07) is 15.3. The molecule has 2 aromatic carbocycles. The number of piperidine rings is 1. The van der Waals surface area contributed by atoms with Crippen molar-refractivity contribution in [3.63, 3.8) is 0 Å². The van der Waals surface area contributed by atoms with Crippen LogP contribution in [0.5, 0.6) is 11.5 Å². The summed E-state index contributed by atoms with van der Waals surface area (Å²) < 4.78 is 25.5. The molecule has 8 heteroatoms. The van der Waals surface area contributed by atoms with Crippen LogP contribution < -0.4 is 19.7 Å². The average molecular weight is 514 g/mol. The van der Waals surface area contributed by atoms with Crippen molar-refractivity contribution in [1.29, 1.82) is 0 Å². The number of rotatable bonds is 8. The second kappa shape index (κ2) is 10.8. The molecule has 2 aliphatic heterocycles. The predicted molar refractivity (Wildman–Crippen MR) is 146 cm³/mol. The van der Waals surface area contributed by atoms with Gasteiger partial charge in [0.25, 0.3) is 0 Å². The average Bonchev–Trinajstić information content (AvgIpc) is 2.92. The highest BCUT2D eigenvalue weighted by Crippen LogP contribution is 2.32. The van der Waals surface area contributed by atoms with Gasteiger partial charge in [-0.1, -0.05) is 36.4 Å². The third-order valence-corrected chi connectivity index (χ3v) is 7.31. The zero-order chi connectivity index (χ0) is 25.9. The quantitative estimate of drug-likeness (QED) is 0.450. The zero-order valence-corrected chi connectivity index (χ0v) is 21.6. The third kappa shape index (κ3) is 5.36. The highest BCUT2D eigenvalue weighted by Gasteiger charge is 2.28. The monoisotopic (exact) mass is 513 g/mol. The molecule has 0 radical (unpaired) electrons. The summed E-state index contributed by atoms with van der Waals surface area (Å²) in [6.45, 7) is 4.17. The molecule has 0 atom stereocenters. The lowest BCUT2D eigenvalue weighted by molar-refractivity contribution is 0.163. The fourth-order valence-electron chi connectivity index (χ4n) is 5.14. The number of hydrogen-bond acceptors (Lipinski definition) is 7. The molecule has 3 heterocycles. The van der Waals surface area contributed by atoms with Crippen LogP contribution in [0, 0.1) is 5.82 Å². The Morgan fingerprint density at radius 2 is 1.84 bits per heavy atom. The number of anilines is 2. The molecule has 196 valence electrons. The Bertz CT molecular complexity index is 1350. The fraction of sp³-hybridized carbons (Fsp3) is 0.333. The first-order chi connectivity index (χ1) is 18.6. The van der Waals surface area contributed by atoms with Gasteiger partial charge in [-0.15, -0.1) is 0 Å². The van der Waals surface area contributed by atoms with Gasteiger partial charge in [-0.05, 0) is 29.8 Å². The number of nitrogens with one attached hydrogen (secondary N) is 1. The summed E-state index contributed by atoms with van der Waals surface area (Å²) in [7, 11) is 1.52. The number of fused-ring (bicyclic) bond motifs is 1. The van der Waals surface area contributed by atoms with Gasteiger partial charge in [-0.25, -0.2) is 14.4 Å². The normalized spacial score (nSPS) is 17.4. The predicted octanol–water partition coefficient (Wildman–Crippen LogP) is 5.10. The van der Waals surface area contributed by atoms with Gasteiger partial charge < -0.3 is 19.7 Å². The van der Waals surface area contributed by atoms with Gasteiger partial charge in [0.15, 0.2) is 23.2 Å². The SMILES string of the molecule is COc1ccc(OC2CCN(c3nc4c(nc3NC3=CC=C3)CN(Cc3ccccc3)CC4)CC2)c(F)c1. The Hall–Kier alpha value is -3.91. The van der Waals surface area contributed by atoms with Crippen molar-refractivity contribution in [2.75, 3.05) is 37.0 Å². The van der Waals surface area contributed by atoms with Crippen LogP contribution in [0.3, 0.4) is 0 Å². The summed E-state index contributed by atoms with van der Waals surface area (Å²) in [6.07, 6.45) is 8.46. The summed E-state index contributed by atoms with van der Waals surface area (Å²) in [5.41, 5.74) is 4.45. The van der Waals surface area contributed by atoms with E-state index in [9.17, 15) is 4.39 Å². The molecule has 0 bridgehead atoms. The molecular formula is C30H32FN5O2. The molecule has 1 saturated heterocycles. The van der Waals surface area contributed by atoms with Gasteiger partial charge in [0, 0.05) is 63.7 Å². The Morgan fingerprint density at radius 3 is 2.55 bits per heavy atom. The van der Waals surface area contributed by atoms with Gasteiger partial charge in [0.2, 0.25) is 0 Å². The van der Waals surface area contributed by atoms with E-state index in [0.717, 1.165) is 80.7 Å². The maximum absolute atomic E-state index is 14.4. The molecule has 1 aromatic heterocycles. The lowest BCUT2D eigenvalue weighted by Gasteiger charge is -2.35. The smallest absolute Gasteiger partial charge is 0.174 e. The van der Waals surface area contributed by atoms with E-state index < -0.39 is 5.82 Å². The number of methoxy groups -OCH3 is 1. The van der Waals surface area contributed by atoms with Crippen LogP contribution in [0.1, 0.15) is 29.8 Å². The van der Waals surface area contributed by atoms with Crippen molar-refractivity contribution in [3.05, 3.63) is 95.2 Å². The largest absolute Gasteiger partial charge is 0.497 e. The molecule has 0 unspecified atom stereocenters. The molecule has 7 nitrogen and oxygen atoms in total. The minimum Gasteiger partial charge on any atom is -0.497 e. The van der Waals surface area contributed by atoms with E-state index in [1.807, 2.05) is 18.2 Å². The Morgan fingerprint density at radius 1 is 1.03 bits per heavy atom. The molecule has 38 heavy (non-hydrogen) atoms. The molecule has 1 N–H and O–H groups in total. The molecule has 1 fully saturated rings. The lowest BCUT2D eigenvalue weighted by Crippen LogP contribution is -2.40. The first-order valence-corrected chi connectivity index (χ1v) is 13.2. The second-order valence-corrected chi connectivity index (χ2v) is 9.94. The van der Waals surface area contributed by atoms with Crippen molar-refractivity contribution >= 4 is 11.6 Å². The van der Waals surface area contributed by atoms with Crippen LogP contribution in [0.25, 0.3) is 0 Å². The Kier molecular flexibility index (Phi) is 6.96. The number of hydrogen-bond donors (Lipinski definition) is 1. The number of nitrogens with zero attached hydrogens (tertiary/aromatic N) is 4. The van der Waals surface area contributed by atoms with Crippen molar-refractivity contribution in [2.45, 2.75) is 38.5 Å². The molecule has 3 aromatic rings. The molecule has 0 saturated carbocycles. The number of aromatic nitrogens is 2. The number of benzene rings is 2. The van der Waals surface area contributed by atoms with Crippen LogP contribution in [0.4, 0.5) is 16.0 Å². The molecule has 1 aliphatic carbocycles. The van der Waals surface area contributed by atoms with Gasteiger partial charge in [-0.2, -0.15) is 0 Å². The summed E-state index contributed by atoms with van der Waals surface area (Å²) in [5, 5.41) is 3.48. The van der Waals surface area contributed by atoms with E-state index in [-0.39, 0.29) is 11.9 Å². The van der Waals surface area contributed by atoms with Crippen LogP contribution in [0.2, 0.25) is 0 Å². The van der Waals surface area contributed by atoms with Crippen LogP contribution in [-0.4, -0.2) is 47.7 Å².